The van der Waals surface area contributed by atoms with Gasteiger partial charge in [0.2, 0.25) is 0 Å². The molecule has 5 nitrogen and oxygen atoms in total. The molecule has 1 unspecified atom stereocenters. The van der Waals surface area contributed by atoms with E-state index in [1.807, 2.05) is 12.4 Å². The van der Waals surface area contributed by atoms with E-state index in [4.69, 9.17) is 9.47 Å². The van der Waals surface area contributed by atoms with Gasteiger partial charge in [-0.05, 0) is 26.3 Å². The second kappa shape index (κ2) is 7.53. The molecule has 19 heavy (non-hydrogen) atoms. The van der Waals surface area contributed by atoms with Crippen molar-refractivity contribution in [2.75, 3.05) is 33.9 Å². The zero-order chi connectivity index (χ0) is 13.5. The molecular weight excluding hydrogens is 242 g/mol. The number of hydrogen-bond acceptors (Lipinski definition) is 5. The lowest BCUT2D eigenvalue weighted by molar-refractivity contribution is 0.00938. The predicted molar refractivity (Wildman–Crippen MR) is 72.8 cm³/mol. The maximum absolute atomic E-state index is 5.69. The molecule has 0 N–H and O–H groups in total. The summed E-state index contributed by atoms with van der Waals surface area (Å²) < 4.78 is 10.7. The molecule has 0 radical (unpaired) electrons. The van der Waals surface area contributed by atoms with Gasteiger partial charge in [-0.25, -0.2) is 9.97 Å². The van der Waals surface area contributed by atoms with Gasteiger partial charge in [-0.2, -0.15) is 0 Å². The van der Waals surface area contributed by atoms with Crippen LogP contribution < -0.4 is 0 Å². The molecule has 5 heteroatoms. The van der Waals surface area contributed by atoms with Crippen molar-refractivity contribution in [1.29, 1.82) is 0 Å². The lowest BCUT2D eigenvalue weighted by Gasteiger charge is -2.21. The van der Waals surface area contributed by atoms with Gasteiger partial charge in [0.05, 0.1) is 6.61 Å². The van der Waals surface area contributed by atoms with Crippen molar-refractivity contribution >= 4 is 0 Å². The van der Waals surface area contributed by atoms with E-state index in [9.17, 15) is 0 Å². The Morgan fingerprint density at radius 3 is 2.79 bits per heavy atom. The number of aromatic nitrogens is 2. The lowest BCUT2D eigenvalue weighted by Crippen LogP contribution is -2.22. The topological polar surface area (TPSA) is 47.5 Å². The van der Waals surface area contributed by atoms with Crippen LogP contribution in [0.3, 0.4) is 0 Å². The third-order valence-corrected chi connectivity index (χ3v) is 3.32. The van der Waals surface area contributed by atoms with E-state index < -0.39 is 0 Å². The lowest BCUT2D eigenvalue weighted by atomic mass is 10.1. The zero-order valence-corrected chi connectivity index (χ0v) is 11.8. The fourth-order valence-electron chi connectivity index (χ4n) is 2.19. The summed E-state index contributed by atoms with van der Waals surface area (Å²) in [6.07, 6.45) is 7.29. The Balaban J connectivity index is 1.86. The van der Waals surface area contributed by atoms with Crippen molar-refractivity contribution in [3.05, 3.63) is 23.8 Å². The Morgan fingerprint density at radius 1 is 1.37 bits per heavy atom. The van der Waals surface area contributed by atoms with Crippen LogP contribution in [0.2, 0.25) is 0 Å². The third kappa shape index (κ3) is 4.53. The molecule has 1 aromatic rings. The Bertz CT molecular complexity index is 363. The summed E-state index contributed by atoms with van der Waals surface area (Å²) in [6.45, 7) is 3.32. The molecular formula is C14H23N3O2. The van der Waals surface area contributed by atoms with E-state index in [0.29, 0.717) is 0 Å². The minimum absolute atomic E-state index is 0.0917. The van der Waals surface area contributed by atoms with E-state index in [-0.39, 0.29) is 6.10 Å². The number of rotatable bonds is 6. The first-order valence-electron chi connectivity index (χ1n) is 6.89. The summed E-state index contributed by atoms with van der Waals surface area (Å²) in [5, 5.41) is 0. The standard InChI is InChI=1S/C14H23N3O2/c1-17(6-8-18-2)11-12-9-15-14(16-10-12)13-5-3-4-7-19-13/h9-10,13H,3-8,11H2,1-2H3. The van der Waals surface area contributed by atoms with Gasteiger partial charge < -0.3 is 9.47 Å². The van der Waals surface area contributed by atoms with Crippen molar-refractivity contribution in [1.82, 2.24) is 14.9 Å². The van der Waals surface area contributed by atoms with Gasteiger partial charge in [0, 0.05) is 44.8 Å². The van der Waals surface area contributed by atoms with Gasteiger partial charge in [0.25, 0.3) is 0 Å². The maximum atomic E-state index is 5.69. The summed E-state index contributed by atoms with van der Waals surface area (Å²) >= 11 is 0. The quantitative estimate of drug-likeness (QED) is 0.785. The SMILES string of the molecule is COCCN(C)Cc1cnc(C2CCCCO2)nc1. The highest BCUT2D eigenvalue weighted by Crippen LogP contribution is 2.24. The van der Waals surface area contributed by atoms with Crippen LogP contribution in [0.15, 0.2) is 12.4 Å². The maximum Gasteiger partial charge on any atom is 0.157 e. The summed E-state index contributed by atoms with van der Waals surface area (Å²) in [4.78, 5) is 11.1. The fourth-order valence-corrected chi connectivity index (χ4v) is 2.19. The van der Waals surface area contributed by atoms with Gasteiger partial charge in [-0.15, -0.1) is 0 Å². The minimum Gasteiger partial charge on any atom is -0.383 e. The van der Waals surface area contributed by atoms with Crippen molar-refractivity contribution < 1.29 is 9.47 Å². The highest BCUT2D eigenvalue weighted by atomic mass is 16.5. The Kier molecular flexibility index (Phi) is 5.69. The number of hydrogen-bond donors (Lipinski definition) is 0. The minimum atomic E-state index is 0.0917. The average Bonchev–Trinajstić information content (AvgIpc) is 2.47. The van der Waals surface area contributed by atoms with Gasteiger partial charge in [-0.1, -0.05) is 0 Å². The molecule has 0 aromatic carbocycles. The van der Waals surface area contributed by atoms with Crippen molar-refractivity contribution in [2.24, 2.45) is 0 Å². The molecule has 1 atom stereocenters. The molecule has 106 valence electrons. The largest absolute Gasteiger partial charge is 0.383 e. The van der Waals surface area contributed by atoms with Crippen molar-refractivity contribution in [3.63, 3.8) is 0 Å². The van der Waals surface area contributed by atoms with E-state index in [2.05, 4.69) is 21.9 Å². The van der Waals surface area contributed by atoms with Crippen LogP contribution in [0.4, 0.5) is 0 Å². The van der Waals surface area contributed by atoms with E-state index in [1.165, 1.54) is 6.42 Å². The van der Waals surface area contributed by atoms with Gasteiger partial charge in [0.1, 0.15) is 6.10 Å². The predicted octanol–water partition coefficient (Wildman–Crippen LogP) is 1.80. The molecule has 0 aliphatic carbocycles. The van der Waals surface area contributed by atoms with Crippen molar-refractivity contribution in [2.45, 2.75) is 31.9 Å². The van der Waals surface area contributed by atoms with E-state index in [1.54, 1.807) is 7.11 Å². The molecule has 2 heterocycles. The molecule has 1 fully saturated rings. The zero-order valence-electron chi connectivity index (χ0n) is 11.8. The van der Waals surface area contributed by atoms with E-state index >= 15 is 0 Å². The molecule has 1 aliphatic rings. The first-order valence-corrected chi connectivity index (χ1v) is 6.89. The van der Waals surface area contributed by atoms with Crippen molar-refractivity contribution in [3.8, 4) is 0 Å². The number of nitrogens with zero attached hydrogens (tertiary/aromatic N) is 3. The van der Waals surface area contributed by atoms with Crippen LogP contribution in [0, 0.1) is 0 Å². The molecule has 0 saturated carbocycles. The van der Waals surface area contributed by atoms with Crippen LogP contribution in [-0.4, -0.2) is 48.8 Å². The Hall–Kier alpha value is -1.04. The summed E-state index contributed by atoms with van der Waals surface area (Å²) in [5.74, 6) is 0.822. The molecule has 0 bridgehead atoms. The third-order valence-electron chi connectivity index (χ3n) is 3.32. The molecule has 2 rings (SSSR count). The van der Waals surface area contributed by atoms with Gasteiger partial charge in [0.15, 0.2) is 5.82 Å². The van der Waals surface area contributed by atoms with Gasteiger partial charge >= 0.3 is 0 Å². The molecule has 1 aromatic heterocycles. The first kappa shape index (κ1) is 14.4. The summed E-state index contributed by atoms with van der Waals surface area (Å²) in [6, 6.07) is 0. The Morgan fingerprint density at radius 2 is 2.16 bits per heavy atom. The normalized spacial score (nSPS) is 19.8. The monoisotopic (exact) mass is 265 g/mol. The highest BCUT2D eigenvalue weighted by Gasteiger charge is 2.18. The fraction of sp³-hybridized carbons (Fsp3) is 0.714. The average molecular weight is 265 g/mol. The molecule has 0 spiro atoms. The summed E-state index contributed by atoms with van der Waals surface area (Å²) in [7, 11) is 3.78. The van der Waals surface area contributed by atoms with Gasteiger partial charge in [-0.3, -0.25) is 4.90 Å². The second-order valence-electron chi connectivity index (χ2n) is 5.04. The highest BCUT2D eigenvalue weighted by molar-refractivity contribution is 5.06. The molecule has 1 saturated heterocycles. The van der Waals surface area contributed by atoms with Crippen LogP contribution in [-0.2, 0) is 16.0 Å². The second-order valence-corrected chi connectivity index (χ2v) is 5.04. The Labute approximate surface area is 115 Å². The van der Waals surface area contributed by atoms with Crippen LogP contribution >= 0.6 is 0 Å². The van der Waals surface area contributed by atoms with E-state index in [0.717, 1.165) is 50.5 Å². The van der Waals surface area contributed by atoms with Crippen LogP contribution in [0.5, 0.6) is 0 Å². The smallest absolute Gasteiger partial charge is 0.157 e. The van der Waals surface area contributed by atoms with Crippen LogP contribution in [0.1, 0.15) is 36.8 Å². The summed E-state index contributed by atoms with van der Waals surface area (Å²) in [5.41, 5.74) is 1.12. The van der Waals surface area contributed by atoms with Crippen LogP contribution in [0.25, 0.3) is 0 Å². The first-order chi connectivity index (χ1) is 9.29. The molecule has 0 amide bonds. The number of ether oxygens (including phenoxy) is 2. The number of methoxy groups -OCH3 is 1. The molecule has 1 aliphatic heterocycles. The number of likely N-dealkylation sites (N-methyl/N-ethyl adjacent to an activating group) is 1.